The number of nitrogens with one attached hydrogen (secondary N) is 1. The van der Waals surface area contributed by atoms with Gasteiger partial charge in [-0.25, -0.2) is 0 Å². The van der Waals surface area contributed by atoms with Crippen molar-refractivity contribution in [3.8, 4) is 5.75 Å². The molecule has 0 amide bonds. The highest BCUT2D eigenvalue weighted by Crippen LogP contribution is 2.41. The molecule has 0 radical (unpaired) electrons. The van der Waals surface area contributed by atoms with Gasteiger partial charge in [0.2, 0.25) is 0 Å². The summed E-state index contributed by atoms with van der Waals surface area (Å²) < 4.78 is 5.68. The Morgan fingerprint density at radius 2 is 1.57 bits per heavy atom. The number of ether oxygens (including phenoxy) is 1. The molecule has 4 nitrogen and oxygen atoms in total. The Hall–Kier alpha value is -2.76. The summed E-state index contributed by atoms with van der Waals surface area (Å²) in [4.78, 5) is 13.6. The number of aldehydes is 1. The summed E-state index contributed by atoms with van der Waals surface area (Å²) in [7, 11) is 2.00. The second-order valence-electron chi connectivity index (χ2n) is 12.3. The molecule has 1 aliphatic rings. The molecule has 0 spiro atoms. The van der Waals surface area contributed by atoms with Gasteiger partial charge in [0.05, 0.1) is 13.2 Å². The van der Waals surface area contributed by atoms with Crippen LogP contribution in [0.3, 0.4) is 0 Å². The maximum absolute atomic E-state index is 11.2. The van der Waals surface area contributed by atoms with Crippen molar-refractivity contribution >= 4 is 23.7 Å². The van der Waals surface area contributed by atoms with E-state index in [0.717, 1.165) is 44.3 Å². The number of rotatable bonds is 14. The Labute approximate surface area is 286 Å². The van der Waals surface area contributed by atoms with Gasteiger partial charge in [0, 0.05) is 25.3 Å². The van der Waals surface area contributed by atoms with Gasteiger partial charge < -0.3 is 14.8 Å². The molecule has 5 heteroatoms. The minimum Gasteiger partial charge on any atom is -0.494 e. The summed E-state index contributed by atoms with van der Waals surface area (Å²) >= 11 is 1.93. The average molecular weight is 647 g/mol. The molecule has 254 valence electrons. The first-order valence-corrected chi connectivity index (χ1v) is 19.0. The second-order valence-corrected chi connectivity index (χ2v) is 13.3. The average Bonchev–Trinajstić information content (AvgIpc) is 3.49. The van der Waals surface area contributed by atoms with Crippen molar-refractivity contribution in [2.45, 2.75) is 105 Å². The van der Waals surface area contributed by atoms with E-state index in [1.54, 1.807) is 0 Å². The fourth-order valence-corrected chi connectivity index (χ4v) is 6.92. The summed E-state index contributed by atoms with van der Waals surface area (Å²) in [6, 6.07) is 20.4. The molecule has 3 aromatic rings. The van der Waals surface area contributed by atoms with Gasteiger partial charge in [-0.15, -0.1) is 0 Å². The van der Waals surface area contributed by atoms with Crippen LogP contribution in [0.15, 0.2) is 54.6 Å². The Morgan fingerprint density at radius 1 is 0.913 bits per heavy atom. The van der Waals surface area contributed by atoms with Crippen molar-refractivity contribution in [2.75, 3.05) is 44.1 Å². The zero-order valence-corrected chi connectivity index (χ0v) is 31.2. The third-order valence-corrected chi connectivity index (χ3v) is 9.44. The number of thioether (sulfide) groups is 1. The molecule has 1 N–H and O–H groups in total. The van der Waals surface area contributed by atoms with E-state index in [1.807, 2.05) is 25.7 Å². The van der Waals surface area contributed by atoms with Gasteiger partial charge in [0.1, 0.15) is 12.0 Å². The number of carbonyl (C=O) groups excluding carboxylic acids is 1. The lowest BCUT2D eigenvalue weighted by atomic mass is 9.92. The first-order valence-electron chi connectivity index (χ1n) is 17.6. The molecule has 1 aliphatic heterocycles. The van der Waals surface area contributed by atoms with Gasteiger partial charge in [-0.05, 0) is 110 Å². The molecular weight excluding hydrogens is 585 g/mol. The zero-order valence-electron chi connectivity index (χ0n) is 30.4. The predicted molar refractivity (Wildman–Crippen MR) is 203 cm³/mol. The number of likely N-dealkylation sites (tertiary alicyclic amines) is 1. The van der Waals surface area contributed by atoms with E-state index in [2.05, 4.69) is 113 Å². The van der Waals surface area contributed by atoms with Gasteiger partial charge in [-0.2, -0.15) is 11.8 Å². The summed E-state index contributed by atoms with van der Waals surface area (Å²) in [5, 5.41) is 3.29. The normalized spacial score (nSPS) is 15.8. The fraction of sp³-hybridized carbons (Fsp3) is 0.537. The number of hydrogen-bond acceptors (Lipinski definition) is 5. The Bertz CT molecular complexity index is 1260. The van der Waals surface area contributed by atoms with Crippen molar-refractivity contribution in [3.05, 3.63) is 93.5 Å². The van der Waals surface area contributed by atoms with Crippen molar-refractivity contribution in [1.82, 2.24) is 4.90 Å². The number of anilines is 1. The Kier molecular flexibility index (Phi) is 18.8. The summed E-state index contributed by atoms with van der Waals surface area (Å²) in [5.41, 5.74) is 10.8. The number of aryl methyl sites for hydroxylation is 5. The largest absolute Gasteiger partial charge is 0.494 e. The number of nitrogens with zero attached hydrogens (tertiary/aromatic N) is 1. The molecule has 1 saturated heterocycles. The van der Waals surface area contributed by atoms with E-state index in [9.17, 15) is 4.79 Å². The van der Waals surface area contributed by atoms with Crippen LogP contribution in [-0.2, 0) is 24.1 Å². The quantitative estimate of drug-likeness (QED) is 0.139. The van der Waals surface area contributed by atoms with Gasteiger partial charge in [0.25, 0.3) is 0 Å². The van der Waals surface area contributed by atoms with Crippen LogP contribution in [0.25, 0.3) is 0 Å². The zero-order chi connectivity index (χ0) is 33.9. The van der Waals surface area contributed by atoms with E-state index < -0.39 is 0 Å². The molecular formula is C41H62N2O2S. The third kappa shape index (κ3) is 12.1. The summed E-state index contributed by atoms with van der Waals surface area (Å²) in [6.07, 6.45) is 11.4. The maximum Gasteiger partial charge on any atom is 0.134 e. The van der Waals surface area contributed by atoms with Gasteiger partial charge >= 0.3 is 0 Å². The van der Waals surface area contributed by atoms with E-state index in [1.165, 1.54) is 69.6 Å². The highest BCUT2D eigenvalue weighted by atomic mass is 32.2. The lowest BCUT2D eigenvalue weighted by Gasteiger charge is -2.22. The lowest BCUT2D eigenvalue weighted by molar-refractivity contribution is -0.109. The first-order chi connectivity index (χ1) is 22.3. The number of unbranched alkanes of at least 4 members (excludes halogenated alkanes) is 1. The number of hydrogen-bond donors (Lipinski definition) is 1. The molecule has 0 bridgehead atoms. The first kappa shape index (κ1) is 39.4. The Balaban J connectivity index is 0.000000320. The minimum absolute atomic E-state index is 0.308. The van der Waals surface area contributed by atoms with Crippen molar-refractivity contribution < 1.29 is 9.53 Å². The lowest BCUT2D eigenvalue weighted by Crippen LogP contribution is -2.25. The molecule has 0 aromatic heterocycles. The highest BCUT2D eigenvalue weighted by Gasteiger charge is 2.33. The van der Waals surface area contributed by atoms with Crippen LogP contribution in [0.4, 0.5) is 5.69 Å². The van der Waals surface area contributed by atoms with Crippen LogP contribution in [-0.4, -0.2) is 49.9 Å². The maximum atomic E-state index is 11.2. The van der Waals surface area contributed by atoms with Gasteiger partial charge in [-0.1, -0.05) is 94.6 Å². The third-order valence-electron chi connectivity index (χ3n) is 8.75. The van der Waals surface area contributed by atoms with Crippen LogP contribution in [0.2, 0.25) is 0 Å². The Morgan fingerprint density at radius 3 is 2.04 bits per heavy atom. The molecule has 0 saturated carbocycles. The van der Waals surface area contributed by atoms with Crippen LogP contribution < -0.4 is 10.1 Å². The van der Waals surface area contributed by atoms with E-state index in [-0.39, 0.29) is 0 Å². The van der Waals surface area contributed by atoms with Crippen LogP contribution in [0.1, 0.15) is 111 Å². The van der Waals surface area contributed by atoms with Gasteiger partial charge in [-0.3, -0.25) is 4.90 Å². The monoisotopic (exact) mass is 646 g/mol. The predicted octanol–water partition coefficient (Wildman–Crippen LogP) is 10.4. The van der Waals surface area contributed by atoms with Crippen LogP contribution >= 0.6 is 11.8 Å². The van der Waals surface area contributed by atoms with E-state index in [4.69, 9.17) is 4.74 Å². The molecule has 4 rings (SSSR count). The van der Waals surface area contributed by atoms with Crippen LogP contribution in [0.5, 0.6) is 5.75 Å². The standard InChI is InChI=1S/C24H31NO2.C12H19N.C5H12S/c1-4-6-19-7-9-20(10-8-19)23-16-22(17-25(23)13-14-26)21-11-12-24(27-5-2)18(3)15-21;1-5-10-7-9(3)8-11(6-2)12(10)13-4;1-3-4-5-6-2/h7-12,14-15,22-23H,4-6,13,16-17H2,1-3H3;7-8,13H,5-6H2,1-4H3;3-5H2,1-2H3. The molecule has 2 unspecified atom stereocenters. The number of carbonyl (C=O) groups is 1. The molecule has 1 heterocycles. The SMILES string of the molecule is CCCCSC.CCCc1ccc(C2CC(c3ccc(OCC)c(C)c3)CN2CC=O)cc1.CCc1cc(C)cc(CC)c1NC. The molecule has 1 fully saturated rings. The molecule has 46 heavy (non-hydrogen) atoms. The smallest absolute Gasteiger partial charge is 0.134 e. The summed E-state index contributed by atoms with van der Waals surface area (Å²) in [6.45, 7) is 17.2. The van der Waals surface area contributed by atoms with Crippen molar-refractivity contribution in [3.63, 3.8) is 0 Å². The van der Waals surface area contributed by atoms with Crippen molar-refractivity contribution in [1.29, 1.82) is 0 Å². The number of benzene rings is 3. The van der Waals surface area contributed by atoms with Gasteiger partial charge in [0.15, 0.2) is 0 Å². The van der Waals surface area contributed by atoms with Crippen molar-refractivity contribution in [2.24, 2.45) is 0 Å². The van der Waals surface area contributed by atoms with E-state index >= 15 is 0 Å². The highest BCUT2D eigenvalue weighted by molar-refractivity contribution is 7.98. The fourth-order valence-electron chi connectivity index (χ4n) is 6.34. The summed E-state index contributed by atoms with van der Waals surface area (Å²) in [5.74, 6) is 2.74. The van der Waals surface area contributed by atoms with E-state index in [0.29, 0.717) is 25.1 Å². The second kappa shape index (κ2) is 21.9. The molecule has 3 aromatic carbocycles. The topological polar surface area (TPSA) is 41.6 Å². The minimum atomic E-state index is 0.308. The molecule has 2 atom stereocenters. The molecule has 0 aliphatic carbocycles. The van der Waals surface area contributed by atoms with Crippen LogP contribution in [0, 0.1) is 13.8 Å².